The van der Waals surface area contributed by atoms with Crippen molar-refractivity contribution >= 4 is 22.7 Å². The number of thioether (sulfide) groups is 1. The Labute approximate surface area is 186 Å². The number of rotatable bonds is 8. The van der Waals surface area contributed by atoms with E-state index >= 15 is 0 Å². The first-order chi connectivity index (χ1) is 15.0. The summed E-state index contributed by atoms with van der Waals surface area (Å²) in [5.41, 5.74) is 0.704. The van der Waals surface area contributed by atoms with E-state index in [1.54, 1.807) is 4.57 Å². The third-order valence-electron chi connectivity index (χ3n) is 5.39. The zero-order chi connectivity index (χ0) is 21.8. The van der Waals surface area contributed by atoms with E-state index in [0.29, 0.717) is 34.3 Å². The van der Waals surface area contributed by atoms with Gasteiger partial charge in [-0.1, -0.05) is 42.9 Å². The second-order valence-electron chi connectivity index (χ2n) is 8.08. The number of hydrogen-bond acceptors (Lipinski definition) is 8. The largest absolute Gasteiger partial charge is 0.379 e. The van der Waals surface area contributed by atoms with Crippen molar-refractivity contribution in [2.24, 2.45) is 0 Å². The zero-order valence-electron chi connectivity index (χ0n) is 18.3. The number of benzene rings is 1. The molecule has 0 unspecified atom stereocenters. The lowest BCUT2D eigenvalue weighted by Gasteiger charge is -2.26. The quantitative estimate of drug-likeness (QED) is 0.386. The number of morpholine rings is 1. The Kier molecular flexibility index (Phi) is 7.04. The van der Waals surface area contributed by atoms with Crippen molar-refractivity contribution in [1.82, 2.24) is 24.6 Å². The molecule has 3 aromatic rings. The molecule has 1 atom stereocenters. The fraction of sp³-hybridized carbons (Fsp3) is 0.545. The first-order valence-corrected chi connectivity index (χ1v) is 11.7. The third-order valence-corrected chi connectivity index (χ3v) is 6.47. The molecule has 1 aliphatic heterocycles. The minimum Gasteiger partial charge on any atom is -0.379 e. The van der Waals surface area contributed by atoms with Gasteiger partial charge in [0.15, 0.2) is 11.0 Å². The molecular weight excluding hydrogens is 414 g/mol. The summed E-state index contributed by atoms with van der Waals surface area (Å²) in [5.74, 6) is 1.44. The maximum Gasteiger partial charge on any atom is 0.262 e. The average Bonchev–Trinajstić information content (AvgIpc) is 3.28. The van der Waals surface area contributed by atoms with Crippen LogP contribution in [0.1, 0.15) is 50.1 Å². The van der Waals surface area contributed by atoms with Gasteiger partial charge in [0.2, 0.25) is 5.89 Å². The van der Waals surface area contributed by atoms with Gasteiger partial charge in [0, 0.05) is 32.1 Å². The van der Waals surface area contributed by atoms with Crippen LogP contribution >= 0.6 is 11.8 Å². The lowest BCUT2D eigenvalue weighted by molar-refractivity contribution is 0.0368. The summed E-state index contributed by atoms with van der Waals surface area (Å²) in [4.78, 5) is 25.0. The van der Waals surface area contributed by atoms with Gasteiger partial charge >= 0.3 is 0 Å². The summed E-state index contributed by atoms with van der Waals surface area (Å²) in [7, 11) is 0. The fourth-order valence-electron chi connectivity index (χ4n) is 3.57. The summed E-state index contributed by atoms with van der Waals surface area (Å²) in [6, 6.07) is 7.51. The van der Waals surface area contributed by atoms with E-state index in [4.69, 9.17) is 14.2 Å². The van der Waals surface area contributed by atoms with E-state index in [2.05, 4.69) is 15.0 Å². The second-order valence-corrected chi connectivity index (χ2v) is 9.39. The topological polar surface area (TPSA) is 86.3 Å². The Morgan fingerprint density at radius 2 is 1.87 bits per heavy atom. The van der Waals surface area contributed by atoms with E-state index in [9.17, 15) is 4.79 Å². The Hall–Kier alpha value is -2.23. The second kappa shape index (κ2) is 9.93. The van der Waals surface area contributed by atoms with Crippen LogP contribution in [-0.2, 0) is 11.3 Å². The van der Waals surface area contributed by atoms with Gasteiger partial charge in [-0.05, 0) is 25.5 Å². The number of fused-ring (bicyclic) bond motifs is 1. The molecule has 1 aromatic carbocycles. The zero-order valence-corrected chi connectivity index (χ0v) is 19.1. The van der Waals surface area contributed by atoms with E-state index < -0.39 is 0 Å². The molecule has 8 nitrogen and oxygen atoms in total. The molecule has 31 heavy (non-hydrogen) atoms. The minimum atomic E-state index is -0.112. The molecule has 2 aromatic heterocycles. The molecule has 0 radical (unpaired) electrons. The summed E-state index contributed by atoms with van der Waals surface area (Å²) in [6.45, 7) is 11.1. The van der Waals surface area contributed by atoms with Gasteiger partial charge in [0.25, 0.3) is 5.56 Å². The van der Waals surface area contributed by atoms with Gasteiger partial charge < -0.3 is 9.26 Å². The van der Waals surface area contributed by atoms with Crippen LogP contribution in [0.4, 0.5) is 0 Å². The van der Waals surface area contributed by atoms with E-state index in [1.807, 2.05) is 45.0 Å². The summed E-state index contributed by atoms with van der Waals surface area (Å²) in [5, 5.41) is 5.28. The Bertz CT molecular complexity index is 1070. The van der Waals surface area contributed by atoms with Crippen LogP contribution in [0.15, 0.2) is 38.7 Å². The lowest BCUT2D eigenvalue weighted by Crippen LogP contribution is -2.37. The Morgan fingerprint density at radius 3 is 2.61 bits per heavy atom. The van der Waals surface area contributed by atoms with Crippen LogP contribution in [-0.4, -0.2) is 57.4 Å². The highest BCUT2D eigenvalue weighted by molar-refractivity contribution is 7.99. The maximum absolute atomic E-state index is 13.3. The first kappa shape index (κ1) is 22.0. The number of para-hydroxylation sites is 1. The van der Waals surface area contributed by atoms with Crippen LogP contribution in [0.25, 0.3) is 10.9 Å². The number of ether oxygens (including phenoxy) is 1. The van der Waals surface area contributed by atoms with Crippen LogP contribution in [0, 0.1) is 0 Å². The Balaban J connectivity index is 1.57. The predicted molar refractivity (Wildman–Crippen MR) is 121 cm³/mol. The van der Waals surface area contributed by atoms with Gasteiger partial charge in [0.05, 0.1) is 29.4 Å². The summed E-state index contributed by atoms with van der Waals surface area (Å²) in [6.07, 6.45) is 0.875. The molecule has 3 heterocycles. The van der Waals surface area contributed by atoms with Gasteiger partial charge in [-0.3, -0.25) is 14.3 Å². The molecule has 0 amide bonds. The molecule has 166 valence electrons. The van der Waals surface area contributed by atoms with E-state index in [-0.39, 0.29) is 16.7 Å². The molecule has 0 saturated carbocycles. The fourth-order valence-corrected chi connectivity index (χ4v) is 4.53. The summed E-state index contributed by atoms with van der Waals surface area (Å²) >= 11 is 1.49. The van der Waals surface area contributed by atoms with Gasteiger partial charge in [-0.25, -0.2) is 4.98 Å². The highest BCUT2D eigenvalue weighted by Gasteiger charge is 2.21. The monoisotopic (exact) mass is 443 g/mol. The van der Waals surface area contributed by atoms with Crippen molar-refractivity contribution in [3.63, 3.8) is 0 Å². The van der Waals surface area contributed by atoms with E-state index in [0.717, 1.165) is 39.3 Å². The molecule has 0 bridgehead atoms. The van der Waals surface area contributed by atoms with Crippen molar-refractivity contribution in [2.45, 2.75) is 50.1 Å². The molecular formula is C22H29N5O3S. The molecule has 0 aliphatic carbocycles. The highest BCUT2D eigenvalue weighted by Crippen LogP contribution is 2.33. The first-order valence-electron chi connectivity index (χ1n) is 10.8. The van der Waals surface area contributed by atoms with Gasteiger partial charge in [0.1, 0.15) is 0 Å². The smallest absolute Gasteiger partial charge is 0.262 e. The normalized spacial score (nSPS) is 16.3. The molecule has 4 rings (SSSR count). The van der Waals surface area contributed by atoms with Crippen molar-refractivity contribution in [3.05, 3.63) is 46.3 Å². The highest BCUT2D eigenvalue weighted by atomic mass is 32.2. The molecule has 0 spiro atoms. The molecule has 1 aliphatic rings. The lowest BCUT2D eigenvalue weighted by atomic mass is 10.2. The van der Waals surface area contributed by atoms with Crippen molar-refractivity contribution in [2.75, 3.05) is 32.8 Å². The SMILES string of the molecule is CC(C)c1noc([C@@H](C)Sc2nc3ccccc3c(=O)n2CCCN2CCOCC2)n1. The van der Waals surface area contributed by atoms with Crippen molar-refractivity contribution in [3.8, 4) is 0 Å². The van der Waals surface area contributed by atoms with Crippen molar-refractivity contribution in [1.29, 1.82) is 0 Å². The van der Waals surface area contributed by atoms with Crippen LogP contribution in [0.3, 0.4) is 0 Å². The molecule has 0 N–H and O–H groups in total. The van der Waals surface area contributed by atoms with Crippen LogP contribution in [0.5, 0.6) is 0 Å². The van der Waals surface area contributed by atoms with Crippen LogP contribution < -0.4 is 5.56 Å². The molecule has 1 saturated heterocycles. The number of hydrogen-bond donors (Lipinski definition) is 0. The third kappa shape index (κ3) is 5.16. The molecule has 9 heteroatoms. The maximum atomic E-state index is 13.3. The minimum absolute atomic E-state index is 0.00400. The van der Waals surface area contributed by atoms with Gasteiger partial charge in [-0.15, -0.1) is 0 Å². The summed E-state index contributed by atoms with van der Waals surface area (Å²) < 4.78 is 12.7. The Morgan fingerprint density at radius 1 is 1.10 bits per heavy atom. The van der Waals surface area contributed by atoms with Gasteiger partial charge in [-0.2, -0.15) is 4.98 Å². The number of aromatic nitrogens is 4. The number of nitrogens with zero attached hydrogens (tertiary/aromatic N) is 5. The van der Waals surface area contributed by atoms with Crippen molar-refractivity contribution < 1.29 is 9.26 Å². The van der Waals surface area contributed by atoms with E-state index in [1.165, 1.54) is 11.8 Å². The molecule has 1 fully saturated rings. The average molecular weight is 444 g/mol. The standard InChI is InChI=1S/C22H29N5O3S/c1-15(2)19-24-20(30-25-19)16(3)31-22-23-18-8-5-4-7-17(18)21(28)27(22)10-6-9-26-11-13-29-14-12-26/h4-5,7-8,15-16H,6,9-14H2,1-3H3/t16-/m1/s1. The predicted octanol–water partition coefficient (Wildman–Crippen LogP) is 3.48. The van der Waals surface area contributed by atoms with Crippen LogP contribution in [0.2, 0.25) is 0 Å².